The van der Waals surface area contributed by atoms with Gasteiger partial charge in [-0.3, -0.25) is 0 Å². The van der Waals surface area contributed by atoms with Crippen molar-refractivity contribution in [1.29, 1.82) is 0 Å². The first-order valence-corrected chi connectivity index (χ1v) is 9.60. The standard InChI is InChI=1S/C20H35F/c1-2-3-4-5-6-17-7-11-19(12-8-17)20-13-9-18(10-14-20)15-16-21/h15-20H,2-14H2,1H3. The maximum absolute atomic E-state index is 12.2. The highest BCUT2D eigenvalue weighted by molar-refractivity contribution is 4.89. The Balaban J connectivity index is 1.61. The molecule has 0 radical (unpaired) electrons. The average molecular weight is 294 g/mol. The van der Waals surface area contributed by atoms with Crippen molar-refractivity contribution in [2.45, 2.75) is 90.4 Å². The second-order valence-corrected chi connectivity index (χ2v) is 7.62. The molecule has 1 heteroatoms. The smallest absolute Gasteiger partial charge is 0.0829 e. The van der Waals surface area contributed by atoms with Gasteiger partial charge in [-0.2, -0.15) is 0 Å². The molecule has 2 aliphatic carbocycles. The minimum Gasteiger partial charge on any atom is -0.216 e. The Labute approximate surface area is 131 Å². The predicted molar refractivity (Wildman–Crippen MR) is 89.9 cm³/mol. The van der Waals surface area contributed by atoms with Crippen molar-refractivity contribution in [3.05, 3.63) is 12.4 Å². The van der Waals surface area contributed by atoms with Gasteiger partial charge >= 0.3 is 0 Å². The Kier molecular flexibility index (Phi) is 7.82. The van der Waals surface area contributed by atoms with Gasteiger partial charge in [0, 0.05) is 0 Å². The molecular formula is C20H35F. The van der Waals surface area contributed by atoms with Gasteiger partial charge in [-0.25, -0.2) is 4.39 Å². The van der Waals surface area contributed by atoms with Crippen LogP contribution in [0.3, 0.4) is 0 Å². The maximum Gasteiger partial charge on any atom is 0.0829 e. The van der Waals surface area contributed by atoms with Crippen molar-refractivity contribution in [2.75, 3.05) is 0 Å². The van der Waals surface area contributed by atoms with E-state index in [0.717, 1.165) is 24.1 Å². The summed E-state index contributed by atoms with van der Waals surface area (Å²) in [7, 11) is 0. The first kappa shape index (κ1) is 17.0. The number of halogens is 1. The molecule has 2 saturated carbocycles. The lowest BCUT2D eigenvalue weighted by Gasteiger charge is -2.37. The van der Waals surface area contributed by atoms with Gasteiger partial charge in [-0.05, 0) is 62.2 Å². The zero-order valence-electron chi connectivity index (χ0n) is 14.0. The Morgan fingerprint density at radius 3 is 2.00 bits per heavy atom. The highest BCUT2D eigenvalue weighted by Gasteiger charge is 2.30. The van der Waals surface area contributed by atoms with Crippen LogP contribution in [0, 0.1) is 23.7 Å². The van der Waals surface area contributed by atoms with Gasteiger partial charge in [-0.1, -0.05) is 57.9 Å². The molecule has 0 nitrogen and oxygen atoms in total. The second kappa shape index (κ2) is 9.64. The van der Waals surface area contributed by atoms with Crippen LogP contribution in [0.15, 0.2) is 12.4 Å². The molecule has 0 saturated heterocycles. The lowest BCUT2D eigenvalue weighted by molar-refractivity contribution is 0.151. The summed E-state index contributed by atoms with van der Waals surface area (Å²) in [5.74, 6) is 3.51. The van der Waals surface area contributed by atoms with Crippen LogP contribution in [-0.4, -0.2) is 0 Å². The van der Waals surface area contributed by atoms with E-state index in [9.17, 15) is 4.39 Å². The fraction of sp³-hybridized carbons (Fsp3) is 0.900. The van der Waals surface area contributed by atoms with Crippen LogP contribution in [0.2, 0.25) is 0 Å². The molecule has 0 heterocycles. The van der Waals surface area contributed by atoms with Gasteiger partial charge in [0.2, 0.25) is 0 Å². The highest BCUT2D eigenvalue weighted by Crippen LogP contribution is 2.42. The van der Waals surface area contributed by atoms with Crippen LogP contribution in [-0.2, 0) is 0 Å². The summed E-state index contributed by atoms with van der Waals surface area (Å²) in [6.07, 6.45) is 20.8. The molecule has 0 atom stereocenters. The van der Waals surface area contributed by atoms with E-state index in [-0.39, 0.29) is 0 Å². The third kappa shape index (κ3) is 5.75. The molecule has 0 unspecified atom stereocenters. The minimum atomic E-state index is 0.529. The van der Waals surface area contributed by atoms with Crippen molar-refractivity contribution in [3.63, 3.8) is 0 Å². The predicted octanol–water partition coefficient (Wildman–Crippen LogP) is 7.05. The minimum absolute atomic E-state index is 0.529. The lowest BCUT2D eigenvalue weighted by atomic mass is 9.68. The molecule has 0 aromatic rings. The highest BCUT2D eigenvalue weighted by atomic mass is 19.1. The lowest BCUT2D eigenvalue weighted by Crippen LogP contribution is -2.25. The Bertz CT molecular complexity index is 280. The molecule has 0 aromatic carbocycles. The molecule has 0 aliphatic heterocycles. The molecule has 0 N–H and O–H groups in total. The van der Waals surface area contributed by atoms with E-state index >= 15 is 0 Å². The molecular weight excluding hydrogens is 259 g/mol. The maximum atomic E-state index is 12.2. The largest absolute Gasteiger partial charge is 0.216 e. The summed E-state index contributed by atoms with van der Waals surface area (Å²) < 4.78 is 12.2. The van der Waals surface area contributed by atoms with Gasteiger partial charge < -0.3 is 0 Å². The Morgan fingerprint density at radius 1 is 0.810 bits per heavy atom. The summed E-state index contributed by atoms with van der Waals surface area (Å²) in [4.78, 5) is 0. The number of unbranched alkanes of at least 4 members (excludes halogenated alkanes) is 3. The first-order chi connectivity index (χ1) is 10.3. The van der Waals surface area contributed by atoms with Crippen molar-refractivity contribution in [1.82, 2.24) is 0 Å². The van der Waals surface area contributed by atoms with Gasteiger partial charge in [0.1, 0.15) is 0 Å². The molecule has 2 fully saturated rings. The fourth-order valence-electron chi connectivity index (χ4n) is 4.72. The van der Waals surface area contributed by atoms with E-state index in [1.807, 2.05) is 0 Å². The van der Waals surface area contributed by atoms with Crippen molar-refractivity contribution in [3.8, 4) is 0 Å². The number of hydrogen-bond acceptors (Lipinski definition) is 0. The van der Waals surface area contributed by atoms with Crippen LogP contribution in [0.4, 0.5) is 4.39 Å². The van der Waals surface area contributed by atoms with E-state index in [2.05, 4.69) is 6.92 Å². The van der Waals surface area contributed by atoms with Crippen LogP contribution in [0.25, 0.3) is 0 Å². The van der Waals surface area contributed by atoms with Crippen LogP contribution < -0.4 is 0 Å². The second-order valence-electron chi connectivity index (χ2n) is 7.62. The van der Waals surface area contributed by atoms with E-state index in [0.29, 0.717) is 5.92 Å². The third-order valence-corrected chi connectivity index (χ3v) is 6.19. The molecule has 2 rings (SSSR count). The molecule has 2 aliphatic rings. The molecule has 0 amide bonds. The average Bonchev–Trinajstić information content (AvgIpc) is 2.53. The van der Waals surface area contributed by atoms with Crippen LogP contribution in [0.1, 0.15) is 90.4 Å². The van der Waals surface area contributed by atoms with Crippen molar-refractivity contribution < 1.29 is 4.39 Å². The third-order valence-electron chi connectivity index (χ3n) is 6.19. The zero-order chi connectivity index (χ0) is 14.9. The van der Waals surface area contributed by atoms with E-state index in [4.69, 9.17) is 0 Å². The SMILES string of the molecule is CCCCCCC1CCC(C2CCC(C=CF)CC2)CC1. The molecule has 122 valence electrons. The molecule has 21 heavy (non-hydrogen) atoms. The Morgan fingerprint density at radius 2 is 1.43 bits per heavy atom. The van der Waals surface area contributed by atoms with E-state index < -0.39 is 0 Å². The van der Waals surface area contributed by atoms with Gasteiger partial charge in [0.05, 0.1) is 6.33 Å². The summed E-state index contributed by atoms with van der Waals surface area (Å²) in [6, 6.07) is 0. The number of rotatable bonds is 7. The molecule has 0 bridgehead atoms. The monoisotopic (exact) mass is 294 g/mol. The van der Waals surface area contributed by atoms with E-state index in [1.165, 1.54) is 83.5 Å². The zero-order valence-corrected chi connectivity index (χ0v) is 14.0. The van der Waals surface area contributed by atoms with E-state index in [1.54, 1.807) is 6.08 Å². The van der Waals surface area contributed by atoms with Gasteiger partial charge in [0.15, 0.2) is 0 Å². The normalized spacial score (nSPS) is 34.4. The first-order valence-electron chi connectivity index (χ1n) is 9.60. The van der Waals surface area contributed by atoms with Gasteiger partial charge in [-0.15, -0.1) is 0 Å². The number of hydrogen-bond donors (Lipinski definition) is 0. The summed E-state index contributed by atoms with van der Waals surface area (Å²) in [5.41, 5.74) is 0. The van der Waals surface area contributed by atoms with Crippen LogP contribution in [0.5, 0.6) is 0 Å². The fourth-order valence-corrected chi connectivity index (χ4v) is 4.72. The van der Waals surface area contributed by atoms with Crippen molar-refractivity contribution in [2.24, 2.45) is 23.7 Å². The summed E-state index contributed by atoms with van der Waals surface area (Å²) >= 11 is 0. The molecule has 0 spiro atoms. The summed E-state index contributed by atoms with van der Waals surface area (Å²) in [6.45, 7) is 2.29. The van der Waals surface area contributed by atoms with Crippen LogP contribution >= 0.6 is 0 Å². The number of allylic oxidation sites excluding steroid dienone is 1. The van der Waals surface area contributed by atoms with Gasteiger partial charge in [0.25, 0.3) is 0 Å². The summed E-state index contributed by atoms with van der Waals surface area (Å²) in [5, 5.41) is 0. The Hall–Kier alpha value is -0.330. The molecule has 0 aromatic heterocycles. The quantitative estimate of drug-likeness (QED) is 0.441. The topological polar surface area (TPSA) is 0 Å². The van der Waals surface area contributed by atoms with Crippen molar-refractivity contribution >= 4 is 0 Å².